The van der Waals surface area contributed by atoms with Crippen molar-refractivity contribution in [2.75, 3.05) is 81.7 Å². The third kappa shape index (κ3) is 13.5. The number of likely N-dealkylation sites (N-methyl/N-ethyl adjacent to an activating group) is 1. The molecule has 1 aliphatic carbocycles. The van der Waals surface area contributed by atoms with E-state index in [1.807, 2.05) is 36.0 Å². The molecule has 23 heteroatoms. The highest BCUT2D eigenvalue weighted by Crippen LogP contribution is 2.44. The number of nitrogens with one attached hydrogen (secondary N) is 2. The summed E-state index contributed by atoms with van der Waals surface area (Å²) in [6.07, 6.45) is -1.41. The van der Waals surface area contributed by atoms with E-state index >= 15 is 0 Å². The van der Waals surface area contributed by atoms with Gasteiger partial charge in [-0.05, 0) is 124 Å². The highest BCUT2D eigenvalue weighted by Gasteiger charge is 2.49. The number of allylic oxidation sites excluding steroid dienone is 1. The molecule has 73 heavy (non-hydrogen) atoms. The SMILES string of the molecule is [2H]C1(N2CCc3c(nc(C(F)(F)F)nc3NS(=O)(=O)c3ccc(N[C@H](CCN4CCN(C)CC4)CSc4ccccc4F)c(S(=O)(=O)C(F)(F)F)c3)C2)CCN(CC2=C(c3ccc(Cl)cc3)CC(C)(C)CC2)CC1. The maximum Gasteiger partial charge on any atom is 0.501 e. The molecule has 8 rings (SSSR count). The molecule has 2 fully saturated rings. The van der Waals surface area contributed by atoms with Crippen LogP contribution < -0.4 is 10.0 Å². The van der Waals surface area contributed by atoms with Crippen molar-refractivity contribution < 1.29 is 48.9 Å². The first-order chi connectivity index (χ1) is 34.7. The summed E-state index contributed by atoms with van der Waals surface area (Å²) in [5.41, 5.74) is -2.81. The van der Waals surface area contributed by atoms with Gasteiger partial charge < -0.3 is 15.1 Å². The van der Waals surface area contributed by atoms with Crippen molar-refractivity contribution in [1.29, 1.82) is 0 Å². The predicted molar refractivity (Wildman–Crippen MR) is 270 cm³/mol. The molecule has 1 aromatic heterocycles. The maximum absolute atomic E-state index is 14.7. The number of halogens is 8. The summed E-state index contributed by atoms with van der Waals surface area (Å²) in [7, 11) is -9.44. The molecule has 4 aromatic rings. The van der Waals surface area contributed by atoms with E-state index in [0.29, 0.717) is 63.2 Å². The van der Waals surface area contributed by atoms with Crippen molar-refractivity contribution in [3.8, 4) is 0 Å². The average Bonchev–Trinajstić information content (AvgIpc) is 3.34. The van der Waals surface area contributed by atoms with Crippen LogP contribution >= 0.6 is 23.4 Å². The van der Waals surface area contributed by atoms with Gasteiger partial charge in [0.25, 0.3) is 19.9 Å². The molecular weight excluding hydrogens is 1040 g/mol. The molecular formula is C50H60ClF7N8O4S3. The Balaban J connectivity index is 1.02. The number of hydrogen-bond acceptors (Lipinski definition) is 12. The standard InChI is InChI=1S/C50H60ClF7N8O4S3/c1-48(2)19-14-34(40(29-48)33-8-10-35(51)11-9-33)30-65-21-16-37(17-22-65)66-23-18-39-43(31-66)60-47(49(53,54)55)61-46(39)62-73(69,70)38-12-13-42(45(28-38)72(67,68)50(56,57)58)59-36(15-20-64-26-24-63(3)25-27-64)32-71-44-7-5-4-6-41(44)52/h4-13,28,36-37,59H,14-27,29-32H2,1-3H3,(H,60,61,62)/t36-/m1/s1/i37D. The Bertz CT molecular complexity index is 2940. The largest absolute Gasteiger partial charge is 0.501 e. The minimum Gasteiger partial charge on any atom is -0.380 e. The second-order valence-corrected chi connectivity index (χ2v) is 25.1. The second-order valence-electron chi connectivity index (χ2n) is 20.0. The lowest BCUT2D eigenvalue weighted by Crippen LogP contribution is -2.47. The van der Waals surface area contributed by atoms with Gasteiger partial charge in [0.05, 0.1) is 16.3 Å². The van der Waals surface area contributed by atoms with E-state index in [0.717, 1.165) is 61.8 Å². The fraction of sp³-hybridized carbons (Fsp3) is 0.520. The van der Waals surface area contributed by atoms with Crippen LogP contribution in [0.5, 0.6) is 0 Å². The first-order valence-electron chi connectivity index (χ1n) is 24.6. The number of fused-ring (bicyclic) bond motifs is 1. The second kappa shape index (κ2) is 22.3. The molecule has 4 aliphatic rings. The van der Waals surface area contributed by atoms with Gasteiger partial charge >= 0.3 is 11.7 Å². The summed E-state index contributed by atoms with van der Waals surface area (Å²) in [6.45, 7) is 9.55. The van der Waals surface area contributed by atoms with Gasteiger partial charge in [0.2, 0.25) is 5.82 Å². The van der Waals surface area contributed by atoms with Crippen LogP contribution in [0.4, 0.5) is 42.2 Å². The fourth-order valence-corrected chi connectivity index (χ4v) is 13.1. The Hall–Kier alpha value is -4.03. The molecule has 3 aromatic carbocycles. The first-order valence-corrected chi connectivity index (χ1v) is 28.5. The lowest BCUT2D eigenvalue weighted by molar-refractivity contribution is -0.145. The summed E-state index contributed by atoms with van der Waals surface area (Å²) < 4.78 is 168. The van der Waals surface area contributed by atoms with Gasteiger partial charge in [0.15, 0.2) is 0 Å². The number of hydrogen-bond donors (Lipinski definition) is 2. The van der Waals surface area contributed by atoms with Crippen LogP contribution in [0.15, 0.2) is 87.0 Å². The fourth-order valence-electron chi connectivity index (χ4n) is 9.83. The van der Waals surface area contributed by atoms with Crippen LogP contribution in [-0.2, 0) is 39.0 Å². The Morgan fingerprint density at radius 1 is 0.890 bits per heavy atom. The predicted octanol–water partition coefficient (Wildman–Crippen LogP) is 10.1. The van der Waals surface area contributed by atoms with Gasteiger partial charge in [-0.25, -0.2) is 31.2 Å². The number of sulfonamides is 1. The van der Waals surface area contributed by atoms with Crippen molar-refractivity contribution in [3.05, 3.63) is 106 Å². The van der Waals surface area contributed by atoms with Crippen molar-refractivity contribution >= 4 is 60.3 Å². The van der Waals surface area contributed by atoms with E-state index in [4.69, 9.17) is 11.6 Å². The van der Waals surface area contributed by atoms with Crippen LogP contribution in [0.2, 0.25) is 5.02 Å². The number of alkyl halides is 6. The molecule has 0 radical (unpaired) electrons. The molecule has 3 aliphatic heterocycles. The van der Waals surface area contributed by atoms with E-state index in [9.17, 15) is 48.9 Å². The number of thioether (sulfide) groups is 1. The zero-order valence-electron chi connectivity index (χ0n) is 41.7. The third-order valence-electron chi connectivity index (χ3n) is 14.1. The third-order valence-corrected chi connectivity index (χ3v) is 18.4. The van der Waals surface area contributed by atoms with Gasteiger partial charge in [-0.15, -0.1) is 11.8 Å². The lowest BCUT2D eigenvalue weighted by atomic mass is 9.72. The van der Waals surface area contributed by atoms with Crippen LogP contribution in [0.1, 0.15) is 76.4 Å². The molecule has 12 nitrogen and oxygen atoms in total. The van der Waals surface area contributed by atoms with Crippen LogP contribution in [-0.4, -0.2) is 136 Å². The topological polar surface area (TPSA) is 131 Å². The average molecular weight is 1100 g/mol. The van der Waals surface area contributed by atoms with Gasteiger partial charge in [0, 0.05) is 87.0 Å². The van der Waals surface area contributed by atoms with Crippen LogP contribution in [0.25, 0.3) is 5.57 Å². The van der Waals surface area contributed by atoms with E-state index in [1.54, 1.807) is 11.0 Å². The van der Waals surface area contributed by atoms with Gasteiger partial charge in [-0.3, -0.25) is 14.5 Å². The number of anilines is 2. The molecule has 2 saturated heterocycles. The lowest BCUT2D eigenvalue weighted by Gasteiger charge is -2.41. The normalized spacial score (nSPS) is 20.3. The van der Waals surface area contributed by atoms with Crippen molar-refractivity contribution in [2.24, 2.45) is 5.41 Å². The number of nitrogens with zero attached hydrogens (tertiary/aromatic N) is 6. The van der Waals surface area contributed by atoms with Crippen molar-refractivity contribution in [3.63, 3.8) is 0 Å². The smallest absolute Gasteiger partial charge is 0.380 e. The minimum absolute atomic E-state index is 0.00211. The summed E-state index contributed by atoms with van der Waals surface area (Å²) in [6, 6.07) is 13.8. The maximum atomic E-state index is 14.7. The van der Waals surface area contributed by atoms with Gasteiger partial charge in [0.1, 0.15) is 16.5 Å². The summed E-state index contributed by atoms with van der Waals surface area (Å²) in [5.74, 6) is -2.91. The van der Waals surface area contributed by atoms with Crippen LogP contribution in [0, 0.1) is 11.2 Å². The number of rotatable bonds is 16. The molecule has 0 amide bonds. The number of aromatic nitrogens is 2. The molecule has 398 valence electrons. The number of piperazine rings is 1. The number of benzene rings is 3. The Kier molecular flexibility index (Phi) is 16.4. The summed E-state index contributed by atoms with van der Waals surface area (Å²) in [5, 5.41) is 3.52. The van der Waals surface area contributed by atoms with Crippen molar-refractivity contribution in [2.45, 2.75) is 104 Å². The van der Waals surface area contributed by atoms with E-state index < -0.39 is 76.5 Å². The Morgan fingerprint density at radius 3 is 2.26 bits per heavy atom. The first kappa shape index (κ1) is 53.8. The summed E-state index contributed by atoms with van der Waals surface area (Å²) in [4.78, 5) is 13.5. The number of likely N-dealkylation sites (tertiary alicyclic amines) is 1. The minimum atomic E-state index is -6.26. The molecule has 2 N–H and O–H groups in total. The van der Waals surface area contributed by atoms with E-state index in [2.05, 4.69) is 43.8 Å². The molecule has 0 spiro atoms. The van der Waals surface area contributed by atoms with E-state index in [1.165, 1.54) is 29.3 Å². The summed E-state index contributed by atoms with van der Waals surface area (Å²) >= 11 is 7.27. The molecule has 0 unspecified atom stereocenters. The number of piperidine rings is 1. The highest BCUT2D eigenvalue weighted by molar-refractivity contribution is 7.99. The van der Waals surface area contributed by atoms with Crippen LogP contribution in [0.3, 0.4) is 0 Å². The number of sulfone groups is 1. The van der Waals surface area contributed by atoms with Gasteiger partial charge in [-0.1, -0.05) is 55.3 Å². The molecule has 1 atom stereocenters. The molecule has 0 bridgehead atoms. The quantitative estimate of drug-likeness (QED) is 0.0818. The zero-order chi connectivity index (χ0) is 53.4. The monoisotopic (exact) mass is 1100 g/mol. The Labute approximate surface area is 433 Å². The Morgan fingerprint density at radius 2 is 1.59 bits per heavy atom. The molecule has 4 heterocycles. The van der Waals surface area contributed by atoms with Crippen molar-refractivity contribution in [1.82, 2.24) is 29.6 Å². The zero-order valence-corrected chi connectivity index (χ0v) is 43.9. The van der Waals surface area contributed by atoms with E-state index in [-0.39, 0.29) is 53.3 Å². The van der Waals surface area contributed by atoms with Gasteiger partial charge in [-0.2, -0.15) is 26.3 Å². The highest BCUT2D eigenvalue weighted by atomic mass is 35.5. The molecule has 0 saturated carbocycles.